The summed E-state index contributed by atoms with van der Waals surface area (Å²) in [6, 6.07) is 0. The first-order valence-electron chi connectivity index (χ1n) is 7.66. The molecule has 0 fully saturated rings. The van der Waals surface area contributed by atoms with E-state index in [4.69, 9.17) is 9.16 Å². The molecule has 0 bridgehead atoms. The summed E-state index contributed by atoms with van der Waals surface area (Å²) in [5, 5.41) is 12.6. The Labute approximate surface area is 136 Å². The van der Waals surface area contributed by atoms with Crippen molar-refractivity contribution in [2.45, 2.75) is 78.4 Å². The molecule has 0 aliphatic heterocycles. The number of aliphatic hydroxyl groups excluding tert-OH is 1. The molecule has 6 heteroatoms. The third-order valence-corrected chi connectivity index (χ3v) is 8.26. The summed E-state index contributed by atoms with van der Waals surface area (Å²) >= 11 is 0. The molecule has 2 N–H and O–H groups in total. The highest BCUT2D eigenvalue weighted by molar-refractivity contribution is 6.74. The molecule has 1 atom stereocenters. The van der Waals surface area contributed by atoms with Gasteiger partial charge in [0, 0.05) is 0 Å². The van der Waals surface area contributed by atoms with E-state index in [9.17, 15) is 9.90 Å². The van der Waals surface area contributed by atoms with Crippen LogP contribution in [0.4, 0.5) is 4.79 Å². The van der Waals surface area contributed by atoms with Crippen molar-refractivity contribution in [2.24, 2.45) is 0 Å². The van der Waals surface area contributed by atoms with Gasteiger partial charge in [0.2, 0.25) is 0 Å². The normalized spacial score (nSPS) is 15.5. The van der Waals surface area contributed by atoms with Crippen molar-refractivity contribution in [1.29, 1.82) is 0 Å². The van der Waals surface area contributed by atoms with Crippen LogP contribution in [0.25, 0.3) is 0 Å². The van der Waals surface area contributed by atoms with Crippen LogP contribution in [-0.4, -0.2) is 38.0 Å². The first-order chi connectivity index (χ1) is 9.69. The lowest BCUT2D eigenvalue weighted by Gasteiger charge is -2.36. The Morgan fingerprint density at radius 1 is 1.23 bits per heavy atom. The van der Waals surface area contributed by atoms with Crippen LogP contribution >= 0.6 is 0 Å². The molecule has 0 saturated heterocycles. The summed E-state index contributed by atoms with van der Waals surface area (Å²) in [5.41, 5.74) is 0.0213. The van der Waals surface area contributed by atoms with Gasteiger partial charge in [-0.2, -0.15) is 0 Å². The molecule has 1 unspecified atom stereocenters. The van der Waals surface area contributed by atoms with Crippen molar-refractivity contribution in [1.82, 2.24) is 5.32 Å². The zero-order valence-corrected chi connectivity index (χ0v) is 16.5. The maximum atomic E-state index is 11.7. The lowest BCUT2D eigenvalue weighted by atomic mass is 10.2. The maximum Gasteiger partial charge on any atom is 0.409 e. The predicted molar refractivity (Wildman–Crippen MR) is 92.3 cm³/mol. The first-order valence-corrected chi connectivity index (χ1v) is 10.6. The number of ether oxygens (including phenoxy) is 1. The van der Waals surface area contributed by atoms with Crippen molar-refractivity contribution in [2.75, 3.05) is 6.61 Å². The average Bonchev–Trinajstić information content (AvgIpc) is 2.24. The quantitative estimate of drug-likeness (QED) is 0.457. The molecule has 0 aliphatic carbocycles. The minimum Gasteiger partial charge on any atom is -0.444 e. The number of carbonyl (C=O) groups excluding carboxylic acids is 1. The summed E-state index contributed by atoms with van der Waals surface area (Å²) in [6.45, 7) is 18.2. The Bertz CT molecular complexity index is 405. The van der Waals surface area contributed by atoms with E-state index in [-0.39, 0.29) is 5.04 Å². The van der Waals surface area contributed by atoms with Gasteiger partial charge >= 0.3 is 6.09 Å². The van der Waals surface area contributed by atoms with Crippen molar-refractivity contribution in [3.8, 4) is 0 Å². The van der Waals surface area contributed by atoms with Crippen molar-refractivity contribution in [3.63, 3.8) is 0 Å². The maximum absolute atomic E-state index is 11.7. The summed E-state index contributed by atoms with van der Waals surface area (Å²) < 4.78 is 11.2. The molecule has 1 amide bonds. The number of allylic oxidation sites excluding steroid dienone is 1. The smallest absolute Gasteiger partial charge is 0.409 e. The molecule has 0 saturated carbocycles. The number of hydrogen-bond donors (Lipinski definition) is 2. The van der Waals surface area contributed by atoms with Gasteiger partial charge in [-0.15, -0.1) is 0 Å². The van der Waals surface area contributed by atoms with E-state index in [0.717, 1.165) is 0 Å². The highest BCUT2D eigenvalue weighted by Gasteiger charge is 2.37. The number of aliphatic hydroxyl groups is 1. The second-order valence-electron chi connectivity index (χ2n) is 7.96. The van der Waals surface area contributed by atoms with Gasteiger partial charge in [-0.05, 0) is 51.4 Å². The summed E-state index contributed by atoms with van der Waals surface area (Å²) in [7, 11) is -1.90. The van der Waals surface area contributed by atoms with E-state index >= 15 is 0 Å². The summed E-state index contributed by atoms with van der Waals surface area (Å²) in [6.07, 6.45) is 0.00567. The number of amides is 1. The van der Waals surface area contributed by atoms with Gasteiger partial charge in [-0.25, -0.2) is 4.79 Å². The fraction of sp³-hybridized carbons (Fsp3) is 0.812. The molecule has 0 aliphatic rings. The van der Waals surface area contributed by atoms with Gasteiger partial charge in [0.25, 0.3) is 0 Å². The molecule has 0 spiro atoms. The molecule has 0 heterocycles. The molecular formula is C16H33NO4Si. The van der Waals surface area contributed by atoms with Gasteiger partial charge in [0.05, 0.1) is 6.61 Å². The first kappa shape index (κ1) is 21.1. The van der Waals surface area contributed by atoms with Crippen molar-refractivity contribution in [3.05, 3.63) is 11.6 Å². The Kier molecular flexibility index (Phi) is 7.32. The zero-order chi connectivity index (χ0) is 17.8. The standard InChI is InChI=1S/C16H33NO4Si/c1-10-12(11-20-22(8,9)16(5,6)7)13(18)17-14(19)21-15(2,3)4/h10,13,18H,11H2,1-9H3,(H,17,19)/b12-10+. The third-order valence-electron chi connectivity index (χ3n) is 3.78. The number of hydrogen-bond acceptors (Lipinski definition) is 4. The van der Waals surface area contributed by atoms with Gasteiger partial charge in [0.15, 0.2) is 14.5 Å². The molecule has 0 aromatic rings. The van der Waals surface area contributed by atoms with Crippen molar-refractivity contribution < 1.29 is 19.1 Å². The summed E-state index contributed by atoms with van der Waals surface area (Å²) in [4.78, 5) is 11.7. The van der Waals surface area contributed by atoms with Crippen LogP contribution in [0.15, 0.2) is 11.6 Å². The number of rotatable bonds is 5. The molecule has 22 heavy (non-hydrogen) atoms. The fourth-order valence-corrected chi connectivity index (χ4v) is 2.27. The molecule has 130 valence electrons. The number of alkyl carbamates (subject to hydrolysis) is 1. The van der Waals surface area contributed by atoms with Crippen LogP contribution in [0, 0.1) is 0 Å². The van der Waals surface area contributed by atoms with E-state index in [1.165, 1.54) is 0 Å². The Hall–Kier alpha value is -0.853. The third kappa shape index (κ3) is 7.42. The van der Waals surface area contributed by atoms with E-state index in [2.05, 4.69) is 39.2 Å². The lowest BCUT2D eigenvalue weighted by Crippen LogP contribution is -2.44. The van der Waals surface area contributed by atoms with Gasteiger partial charge < -0.3 is 14.3 Å². The fourth-order valence-electron chi connectivity index (χ4n) is 1.31. The Morgan fingerprint density at radius 2 is 1.73 bits per heavy atom. The van der Waals surface area contributed by atoms with Gasteiger partial charge in [-0.3, -0.25) is 5.32 Å². The molecule has 0 aromatic heterocycles. The molecule has 5 nitrogen and oxygen atoms in total. The average molecular weight is 332 g/mol. The SMILES string of the molecule is C/C=C(\CO[Si](C)(C)C(C)(C)C)C(O)NC(=O)OC(C)(C)C. The van der Waals surface area contributed by atoms with Crippen LogP contribution in [-0.2, 0) is 9.16 Å². The van der Waals surface area contributed by atoms with Gasteiger partial charge in [0.1, 0.15) is 5.60 Å². The predicted octanol–water partition coefficient (Wildman–Crippen LogP) is 3.80. The van der Waals surface area contributed by atoms with Crippen LogP contribution in [0.1, 0.15) is 48.5 Å². The topological polar surface area (TPSA) is 67.8 Å². The minimum atomic E-state index is -1.90. The number of nitrogens with one attached hydrogen (secondary N) is 1. The summed E-state index contributed by atoms with van der Waals surface area (Å²) in [5.74, 6) is 0. The van der Waals surface area contributed by atoms with Crippen molar-refractivity contribution >= 4 is 14.4 Å². The Morgan fingerprint density at radius 3 is 2.09 bits per heavy atom. The monoisotopic (exact) mass is 331 g/mol. The van der Waals surface area contributed by atoms with Gasteiger partial charge in [-0.1, -0.05) is 26.8 Å². The zero-order valence-electron chi connectivity index (χ0n) is 15.5. The largest absolute Gasteiger partial charge is 0.444 e. The highest BCUT2D eigenvalue weighted by atomic mass is 28.4. The van der Waals surface area contributed by atoms with Crippen LogP contribution < -0.4 is 5.32 Å². The van der Waals surface area contributed by atoms with Crippen LogP contribution in [0.3, 0.4) is 0 Å². The molecular weight excluding hydrogens is 298 g/mol. The lowest BCUT2D eigenvalue weighted by molar-refractivity contribution is 0.0395. The molecule has 0 rings (SSSR count). The Balaban J connectivity index is 4.64. The van der Waals surface area contributed by atoms with E-state index in [1.54, 1.807) is 26.8 Å². The highest BCUT2D eigenvalue weighted by Crippen LogP contribution is 2.36. The second kappa shape index (κ2) is 7.61. The van der Waals surface area contributed by atoms with Crippen LogP contribution in [0.2, 0.25) is 18.1 Å². The van der Waals surface area contributed by atoms with Crippen LogP contribution in [0.5, 0.6) is 0 Å². The van der Waals surface area contributed by atoms with E-state index in [1.807, 2.05) is 6.92 Å². The number of carbonyl (C=O) groups is 1. The minimum absolute atomic E-state index is 0.0927. The van der Waals surface area contributed by atoms with E-state index in [0.29, 0.717) is 12.2 Å². The molecule has 0 aromatic carbocycles. The molecule has 0 radical (unpaired) electrons. The second-order valence-corrected chi connectivity index (χ2v) is 12.8. The van der Waals surface area contributed by atoms with E-state index < -0.39 is 26.2 Å².